The van der Waals surface area contributed by atoms with Gasteiger partial charge in [-0.3, -0.25) is 4.79 Å². The van der Waals surface area contributed by atoms with Gasteiger partial charge < -0.3 is 14.8 Å². The van der Waals surface area contributed by atoms with Crippen molar-refractivity contribution in [2.24, 2.45) is 0 Å². The number of ether oxygens (including phenoxy) is 2. The molecule has 0 unspecified atom stereocenters. The van der Waals surface area contributed by atoms with Gasteiger partial charge in [0.1, 0.15) is 13.2 Å². The summed E-state index contributed by atoms with van der Waals surface area (Å²) in [5, 5.41) is 8.22. The Morgan fingerprint density at radius 1 is 1.17 bits per heavy atom. The average Bonchev–Trinajstić information content (AvgIpc) is 3.51. The fraction of sp³-hybridized carbons (Fsp3) is 0.304. The summed E-state index contributed by atoms with van der Waals surface area (Å²) in [5.74, 6) is 1.68. The van der Waals surface area contributed by atoms with Crippen molar-refractivity contribution in [3.8, 4) is 17.2 Å². The van der Waals surface area contributed by atoms with Gasteiger partial charge in [-0.05, 0) is 55.2 Å². The van der Waals surface area contributed by atoms with Crippen molar-refractivity contribution < 1.29 is 14.3 Å². The molecule has 6 nitrogen and oxygen atoms in total. The molecule has 1 aliphatic heterocycles. The highest BCUT2D eigenvalue weighted by atomic mass is 35.5. The number of aromatic nitrogens is 2. The zero-order valence-corrected chi connectivity index (χ0v) is 17.4. The van der Waals surface area contributed by atoms with E-state index in [2.05, 4.69) is 10.4 Å². The number of aryl methyl sites for hydroxylation is 1. The quantitative estimate of drug-likeness (QED) is 0.660. The van der Waals surface area contributed by atoms with Crippen molar-refractivity contribution in [2.45, 2.75) is 32.2 Å². The third-order valence-corrected chi connectivity index (χ3v) is 5.88. The molecule has 1 N–H and O–H groups in total. The van der Waals surface area contributed by atoms with Crippen LogP contribution >= 0.6 is 11.6 Å². The summed E-state index contributed by atoms with van der Waals surface area (Å²) in [4.78, 5) is 13.0. The van der Waals surface area contributed by atoms with Crippen LogP contribution in [-0.2, 0) is 6.54 Å². The van der Waals surface area contributed by atoms with Crippen LogP contribution < -0.4 is 14.8 Å². The molecule has 7 heteroatoms. The van der Waals surface area contributed by atoms with Crippen LogP contribution in [0.25, 0.3) is 5.69 Å². The minimum Gasteiger partial charge on any atom is -0.486 e. The second kappa shape index (κ2) is 7.69. The first kappa shape index (κ1) is 19.0. The Morgan fingerprint density at radius 3 is 2.73 bits per heavy atom. The summed E-state index contributed by atoms with van der Waals surface area (Å²) in [6.45, 7) is 3.47. The summed E-state index contributed by atoms with van der Waals surface area (Å²) in [6.07, 6.45) is 3.78. The molecule has 1 amide bonds. The molecule has 0 atom stereocenters. The van der Waals surface area contributed by atoms with Crippen molar-refractivity contribution >= 4 is 17.5 Å². The van der Waals surface area contributed by atoms with Crippen LogP contribution in [0.4, 0.5) is 0 Å². The van der Waals surface area contributed by atoms with Crippen LogP contribution in [0.15, 0.2) is 42.6 Å². The van der Waals surface area contributed by atoms with Gasteiger partial charge in [0.25, 0.3) is 5.91 Å². The van der Waals surface area contributed by atoms with Gasteiger partial charge in [0.15, 0.2) is 11.5 Å². The predicted molar refractivity (Wildman–Crippen MR) is 114 cm³/mol. The van der Waals surface area contributed by atoms with Gasteiger partial charge in [-0.1, -0.05) is 23.7 Å². The fourth-order valence-corrected chi connectivity index (χ4v) is 3.85. The molecule has 3 aromatic rings. The molecule has 5 rings (SSSR count). The van der Waals surface area contributed by atoms with Crippen molar-refractivity contribution in [1.29, 1.82) is 0 Å². The number of fused-ring (bicyclic) bond motifs is 1. The molecule has 0 saturated heterocycles. The second-order valence-corrected chi connectivity index (χ2v) is 8.13. The first-order valence-electron chi connectivity index (χ1n) is 10.1. The number of nitrogens with zero attached hydrogens (tertiary/aromatic N) is 2. The van der Waals surface area contributed by atoms with Crippen LogP contribution in [-0.4, -0.2) is 28.9 Å². The van der Waals surface area contributed by atoms with Crippen LogP contribution in [0.1, 0.15) is 45.9 Å². The summed E-state index contributed by atoms with van der Waals surface area (Å²) in [7, 11) is 0. The highest BCUT2D eigenvalue weighted by Crippen LogP contribution is 2.42. The first-order chi connectivity index (χ1) is 14.6. The Morgan fingerprint density at radius 2 is 1.97 bits per heavy atom. The van der Waals surface area contributed by atoms with E-state index in [1.165, 1.54) is 0 Å². The minimum absolute atomic E-state index is 0.128. The van der Waals surface area contributed by atoms with Crippen LogP contribution in [0.5, 0.6) is 11.5 Å². The second-order valence-electron chi connectivity index (χ2n) is 7.72. The minimum atomic E-state index is -0.128. The van der Waals surface area contributed by atoms with E-state index < -0.39 is 0 Å². The van der Waals surface area contributed by atoms with Crippen molar-refractivity contribution in [1.82, 2.24) is 15.1 Å². The maximum absolute atomic E-state index is 13.0. The molecular weight excluding hydrogens is 402 g/mol. The van der Waals surface area contributed by atoms with Gasteiger partial charge in [-0.25, -0.2) is 4.68 Å². The fourth-order valence-electron chi connectivity index (χ4n) is 3.68. The number of hydrogen-bond acceptors (Lipinski definition) is 4. The van der Waals surface area contributed by atoms with E-state index in [9.17, 15) is 4.79 Å². The number of hydrogen-bond donors (Lipinski definition) is 1. The molecule has 1 aromatic heterocycles. The topological polar surface area (TPSA) is 65.4 Å². The highest BCUT2D eigenvalue weighted by Gasteiger charge is 2.33. The van der Waals surface area contributed by atoms with Gasteiger partial charge in [0.2, 0.25) is 0 Å². The maximum Gasteiger partial charge on any atom is 0.255 e. The van der Waals surface area contributed by atoms with E-state index in [0.29, 0.717) is 36.3 Å². The summed E-state index contributed by atoms with van der Waals surface area (Å²) in [5.41, 5.74) is 4.41. The van der Waals surface area contributed by atoms with Gasteiger partial charge >= 0.3 is 0 Å². The molecular formula is C23H22ClN3O3. The Hall–Kier alpha value is -2.99. The van der Waals surface area contributed by atoms with E-state index in [-0.39, 0.29) is 5.91 Å². The molecule has 0 bridgehead atoms. The van der Waals surface area contributed by atoms with E-state index in [1.54, 1.807) is 6.20 Å². The Bertz CT molecular complexity index is 1120. The SMILES string of the molecule is Cc1ccc(-n2ncc(C(=O)NCc3ccc4c(c3)OCCO4)c2C2CC2)cc1Cl. The molecule has 0 spiro atoms. The van der Waals surface area contributed by atoms with Gasteiger partial charge in [-0.2, -0.15) is 5.10 Å². The Labute approximate surface area is 179 Å². The highest BCUT2D eigenvalue weighted by molar-refractivity contribution is 6.31. The number of carbonyl (C=O) groups excluding carboxylic acids is 1. The Kier molecular flexibility index (Phi) is 4.87. The third kappa shape index (κ3) is 3.63. The average molecular weight is 424 g/mol. The van der Waals surface area contributed by atoms with E-state index in [0.717, 1.165) is 46.8 Å². The third-order valence-electron chi connectivity index (χ3n) is 5.47. The van der Waals surface area contributed by atoms with E-state index in [1.807, 2.05) is 48.0 Å². The lowest BCUT2D eigenvalue weighted by molar-refractivity contribution is 0.0949. The zero-order valence-electron chi connectivity index (χ0n) is 16.7. The number of nitrogens with one attached hydrogen (secondary N) is 1. The van der Waals surface area contributed by atoms with Crippen LogP contribution in [0.3, 0.4) is 0 Å². The molecule has 2 aromatic carbocycles. The maximum atomic E-state index is 13.0. The van der Waals surface area contributed by atoms with Crippen molar-refractivity contribution in [3.63, 3.8) is 0 Å². The number of benzene rings is 2. The summed E-state index contributed by atoms with van der Waals surface area (Å²) >= 11 is 6.31. The molecule has 1 aliphatic carbocycles. The largest absolute Gasteiger partial charge is 0.486 e. The summed E-state index contributed by atoms with van der Waals surface area (Å²) in [6, 6.07) is 11.6. The van der Waals surface area contributed by atoms with E-state index in [4.69, 9.17) is 21.1 Å². The monoisotopic (exact) mass is 423 g/mol. The Balaban J connectivity index is 1.37. The lowest BCUT2D eigenvalue weighted by Crippen LogP contribution is -2.24. The molecule has 1 fully saturated rings. The molecule has 0 radical (unpaired) electrons. The lowest BCUT2D eigenvalue weighted by atomic mass is 10.1. The normalized spacial score (nSPS) is 15.1. The standard InChI is InChI=1S/C23H22ClN3O3/c1-14-2-6-17(11-19(14)24)27-22(16-4-5-16)18(13-26-27)23(28)25-12-15-3-7-20-21(10-15)30-9-8-29-20/h2-3,6-7,10-11,13,16H,4-5,8-9,12H2,1H3,(H,25,28). The first-order valence-corrected chi connectivity index (χ1v) is 10.5. The van der Waals surface area contributed by atoms with Crippen LogP contribution in [0.2, 0.25) is 5.02 Å². The van der Waals surface area contributed by atoms with E-state index >= 15 is 0 Å². The van der Waals surface area contributed by atoms with Crippen molar-refractivity contribution in [3.05, 3.63) is 70.0 Å². The molecule has 154 valence electrons. The van der Waals surface area contributed by atoms with Gasteiger partial charge in [0, 0.05) is 17.5 Å². The number of amides is 1. The number of carbonyl (C=O) groups is 1. The molecule has 2 heterocycles. The molecule has 30 heavy (non-hydrogen) atoms. The lowest BCUT2D eigenvalue weighted by Gasteiger charge is -2.19. The number of rotatable bonds is 5. The molecule has 2 aliphatic rings. The van der Waals surface area contributed by atoms with Crippen molar-refractivity contribution in [2.75, 3.05) is 13.2 Å². The zero-order chi connectivity index (χ0) is 20.7. The molecule has 1 saturated carbocycles. The van der Waals surface area contributed by atoms with Crippen LogP contribution in [0, 0.1) is 6.92 Å². The number of halogens is 1. The predicted octanol–water partition coefficient (Wildman–Crippen LogP) is 4.41. The van der Waals surface area contributed by atoms with Gasteiger partial charge in [-0.15, -0.1) is 0 Å². The summed E-state index contributed by atoms with van der Waals surface area (Å²) < 4.78 is 13.0. The smallest absolute Gasteiger partial charge is 0.255 e. The van der Waals surface area contributed by atoms with Gasteiger partial charge in [0.05, 0.1) is 23.1 Å².